The van der Waals surface area contributed by atoms with E-state index < -0.39 is 6.10 Å². The zero-order valence-corrected chi connectivity index (χ0v) is 12.1. The highest BCUT2D eigenvalue weighted by atomic mass is 16.5. The highest BCUT2D eigenvalue weighted by molar-refractivity contribution is 5.81. The molecule has 1 unspecified atom stereocenters. The first-order chi connectivity index (χ1) is 9.54. The van der Waals surface area contributed by atoms with Gasteiger partial charge in [0.25, 0.3) is 5.91 Å². The first-order valence-corrected chi connectivity index (χ1v) is 7.26. The van der Waals surface area contributed by atoms with Crippen LogP contribution in [0.15, 0.2) is 24.3 Å². The molecule has 2 N–H and O–H groups in total. The number of ether oxygens (including phenoxy) is 1. The second kappa shape index (κ2) is 6.75. The molecule has 4 heteroatoms. The smallest absolute Gasteiger partial charge is 0.260 e. The van der Waals surface area contributed by atoms with E-state index in [0.717, 1.165) is 31.2 Å². The molecule has 1 saturated carbocycles. The molecule has 4 nitrogen and oxygen atoms in total. The fourth-order valence-corrected chi connectivity index (χ4v) is 2.41. The number of aliphatic hydroxyl groups excluding tert-OH is 1. The Morgan fingerprint density at radius 3 is 2.45 bits per heavy atom. The summed E-state index contributed by atoms with van der Waals surface area (Å²) in [6, 6.07) is 7.83. The molecule has 0 heterocycles. The van der Waals surface area contributed by atoms with Gasteiger partial charge in [0.15, 0.2) is 6.10 Å². The third-order valence-corrected chi connectivity index (χ3v) is 3.75. The number of amides is 1. The molecule has 2 rings (SSSR count). The molecule has 1 aliphatic carbocycles. The lowest BCUT2D eigenvalue weighted by Gasteiger charge is -2.27. The normalized spacial score (nSPS) is 23.9. The molecule has 0 saturated heterocycles. The van der Waals surface area contributed by atoms with Gasteiger partial charge in [0.2, 0.25) is 0 Å². The Morgan fingerprint density at radius 1 is 1.25 bits per heavy atom. The van der Waals surface area contributed by atoms with Crippen molar-refractivity contribution in [2.45, 2.75) is 57.8 Å². The van der Waals surface area contributed by atoms with Crippen molar-refractivity contribution in [3.8, 4) is 5.75 Å². The minimum Gasteiger partial charge on any atom is -0.481 e. The molecule has 1 aromatic rings. The summed E-state index contributed by atoms with van der Waals surface area (Å²) in [5.74, 6) is 0.615. The van der Waals surface area contributed by atoms with Crippen molar-refractivity contribution >= 4 is 5.91 Å². The lowest BCUT2D eigenvalue weighted by Crippen LogP contribution is -2.44. The van der Waals surface area contributed by atoms with Crippen LogP contribution in [0.25, 0.3) is 0 Å². The summed E-state index contributed by atoms with van der Waals surface area (Å²) < 4.78 is 5.63. The molecule has 0 spiro atoms. The van der Waals surface area contributed by atoms with Crippen molar-refractivity contribution in [3.05, 3.63) is 29.8 Å². The Hall–Kier alpha value is -1.55. The Labute approximate surface area is 120 Å². The van der Waals surface area contributed by atoms with Gasteiger partial charge in [-0.3, -0.25) is 4.79 Å². The van der Waals surface area contributed by atoms with Crippen LogP contribution >= 0.6 is 0 Å². The van der Waals surface area contributed by atoms with E-state index in [0.29, 0.717) is 5.75 Å². The molecule has 0 radical (unpaired) electrons. The lowest BCUT2D eigenvalue weighted by molar-refractivity contribution is -0.128. The number of nitrogens with one attached hydrogen (secondary N) is 1. The minimum absolute atomic E-state index is 0.0908. The maximum Gasteiger partial charge on any atom is 0.260 e. The van der Waals surface area contributed by atoms with E-state index in [9.17, 15) is 9.90 Å². The molecule has 0 aromatic heterocycles. The van der Waals surface area contributed by atoms with E-state index in [1.54, 1.807) is 6.92 Å². The maximum atomic E-state index is 12.1. The van der Waals surface area contributed by atoms with Gasteiger partial charge in [-0.25, -0.2) is 0 Å². The van der Waals surface area contributed by atoms with E-state index in [4.69, 9.17) is 4.74 Å². The minimum atomic E-state index is -0.510. The summed E-state index contributed by atoms with van der Waals surface area (Å²) in [4.78, 5) is 12.1. The lowest BCUT2D eigenvalue weighted by atomic mass is 9.93. The van der Waals surface area contributed by atoms with Gasteiger partial charge in [-0.15, -0.1) is 0 Å². The van der Waals surface area contributed by atoms with Crippen molar-refractivity contribution in [1.29, 1.82) is 0 Å². The van der Waals surface area contributed by atoms with Gasteiger partial charge in [-0.1, -0.05) is 17.7 Å². The highest BCUT2D eigenvalue weighted by Gasteiger charge is 2.23. The van der Waals surface area contributed by atoms with Gasteiger partial charge < -0.3 is 15.2 Å². The van der Waals surface area contributed by atoms with Crippen LogP contribution in [0.2, 0.25) is 0 Å². The first kappa shape index (κ1) is 14.9. The molecular weight excluding hydrogens is 254 g/mol. The second-order valence-electron chi connectivity index (χ2n) is 5.59. The van der Waals surface area contributed by atoms with E-state index in [1.165, 1.54) is 0 Å². The topological polar surface area (TPSA) is 58.6 Å². The summed E-state index contributed by atoms with van der Waals surface area (Å²) >= 11 is 0. The molecule has 0 bridgehead atoms. The molecule has 1 atom stereocenters. The molecule has 20 heavy (non-hydrogen) atoms. The maximum absolute atomic E-state index is 12.1. The van der Waals surface area contributed by atoms with Crippen LogP contribution in [0.4, 0.5) is 0 Å². The van der Waals surface area contributed by atoms with Crippen molar-refractivity contribution in [2.24, 2.45) is 0 Å². The second-order valence-corrected chi connectivity index (χ2v) is 5.59. The molecular formula is C16H23NO3. The van der Waals surface area contributed by atoms with Crippen molar-refractivity contribution < 1.29 is 14.6 Å². The van der Waals surface area contributed by atoms with Crippen molar-refractivity contribution in [1.82, 2.24) is 5.32 Å². The van der Waals surface area contributed by atoms with Gasteiger partial charge in [0, 0.05) is 6.04 Å². The SMILES string of the molecule is Cc1ccc(OC(C)C(=O)NC2CCC(O)CC2)cc1. The molecule has 110 valence electrons. The van der Waals surface area contributed by atoms with Crippen LogP contribution in [-0.4, -0.2) is 29.3 Å². The van der Waals surface area contributed by atoms with Crippen LogP contribution in [0, 0.1) is 6.92 Å². The van der Waals surface area contributed by atoms with Crippen LogP contribution < -0.4 is 10.1 Å². The molecule has 1 fully saturated rings. The number of aliphatic hydroxyl groups is 1. The Morgan fingerprint density at radius 2 is 1.85 bits per heavy atom. The van der Waals surface area contributed by atoms with Gasteiger partial charge >= 0.3 is 0 Å². The molecule has 0 aliphatic heterocycles. The van der Waals surface area contributed by atoms with E-state index >= 15 is 0 Å². The van der Waals surface area contributed by atoms with Crippen LogP contribution in [-0.2, 0) is 4.79 Å². The van der Waals surface area contributed by atoms with Crippen LogP contribution in [0.1, 0.15) is 38.2 Å². The Balaban J connectivity index is 1.81. The van der Waals surface area contributed by atoms with Crippen molar-refractivity contribution in [3.63, 3.8) is 0 Å². The quantitative estimate of drug-likeness (QED) is 0.887. The molecule has 1 amide bonds. The van der Waals surface area contributed by atoms with Gasteiger partial charge in [0.05, 0.1) is 6.10 Å². The average Bonchev–Trinajstić information content (AvgIpc) is 2.44. The number of hydrogen-bond donors (Lipinski definition) is 2. The van der Waals surface area contributed by atoms with E-state index in [1.807, 2.05) is 31.2 Å². The first-order valence-electron chi connectivity index (χ1n) is 7.26. The number of benzene rings is 1. The summed E-state index contributed by atoms with van der Waals surface area (Å²) in [5.41, 5.74) is 1.16. The highest BCUT2D eigenvalue weighted by Crippen LogP contribution is 2.19. The zero-order valence-electron chi connectivity index (χ0n) is 12.1. The fraction of sp³-hybridized carbons (Fsp3) is 0.562. The Kier molecular flexibility index (Phi) is 5.01. The van der Waals surface area contributed by atoms with Crippen LogP contribution in [0.3, 0.4) is 0 Å². The van der Waals surface area contributed by atoms with Crippen LogP contribution in [0.5, 0.6) is 5.75 Å². The van der Waals surface area contributed by atoms with Gasteiger partial charge in [-0.2, -0.15) is 0 Å². The number of carbonyl (C=O) groups excluding carboxylic acids is 1. The number of hydrogen-bond acceptors (Lipinski definition) is 3. The predicted molar refractivity (Wildman–Crippen MR) is 77.7 cm³/mol. The average molecular weight is 277 g/mol. The van der Waals surface area contributed by atoms with E-state index in [-0.39, 0.29) is 18.1 Å². The largest absolute Gasteiger partial charge is 0.481 e. The van der Waals surface area contributed by atoms with Gasteiger partial charge in [-0.05, 0) is 51.7 Å². The predicted octanol–water partition coefficient (Wildman–Crippen LogP) is 2.18. The van der Waals surface area contributed by atoms with E-state index in [2.05, 4.69) is 5.32 Å². The number of aryl methyl sites for hydroxylation is 1. The number of rotatable bonds is 4. The monoisotopic (exact) mass is 277 g/mol. The number of carbonyl (C=O) groups is 1. The summed E-state index contributed by atoms with van der Waals surface area (Å²) in [7, 11) is 0. The standard InChI is InChI=1S/C16H23NO3/c1-11-3-9-15(10-4-11)20-12(2)16(19)17-13-5-7-14(18)8-6-13/h3-4,9-10,12-14,18H,5-8H2,1-2H3,(H,17,19). The third-order valence-electron chi connectivity index (χ3n) is 3.75. The fourth-order valence-electron chi connectivity index (χ4n) is 2.41. The zero-order chi connectivity index (χ0) is 14.5. The third kappa shape index (κ3) is 4.23. The summed E-state index contributed by atoms with van der Waals surface area (Å²) in [5, 5.41) is 12.4. The summed E-state index contributed by atoms with van der Waals surface area (Å²) in [6.45, 7) is 3.77. The molecule has 1 aliphatic rings. The van der Waals surface area contributed by atoms with Crippen molar-refractivity contribution in [2.75, 3.05) is 0 Å². The summed E-state index contributed by atoms with van der Waals surface area (Å²) in [6.07, 6.45) is 2.49. The van der Waals surface area contributed by atoms with Gasteiger partial charge in [0.1, 0.15) is 5.75 Å². The Bertz CT molecular complexity index is 436. The molecule has 1 aromatic carbocycles.